The van der Waals surface area contributed by atoms with E-state index in [9.17, 15) is 10.1 Å². The van der Waals surface area contributed by atoms with Gasteiger partial charge in [-0.2, -0.15) is 5.26 Å². The second-order valence-corrected chi connectivity index (χ2v) is 6.86. The van der Waals surface area contributed by atoms with Crippen LogP contribution in [-0.4, -0.2) is 21.6 Å². The van der Waals surface area contributed by atoms with Crippen molar-refractivity contribution in [2.45, 2.75) is 18.9 Å². The third-order valence-corrected chi connectivity index (χ3v) is 4.73. The Bertz CT molecular complexity index is 1030. The molecule has 2 aromatic carbocycles. The minimum atomic E-state index is -0.216. The van der Waals surface area contributed by atoms with Crippen LogP contribution in [0.2, 0.25) is 0 Å². The van der Waals surface area contributed by atoms with Gasteiger partial charge in [-0.3, -0.25) is 4.79 Å². The first-order valence-electron chi connectivity index (χ1n) is 8.56. The van der Waals surface area contributed by atoms with Gasteiger partial charge in [0.25, 0.3) is 0 Å². The summed E-state index contributed by atoms with van der Waals surface area (Å²) in [5.74, 6) is 1.71. The van der Waals surface area contributed by atoms with E-state index in [-0.39, 0.29) is 11.7 Å². The van der Waals surface area contributed by atoms with Crippen molar-refractivity contribution < 1.29 is 9.53 Å². The molecule has 0 saturated carbocycles. The number of nitriles is 1. The molecule has 0 aliphatic rings. The van der Waals surface area contributed by atoms with Crippen LogP contribution < -0.4 is 10.1 Å². The average molecular weight is 390 g/mol. The maximum absolute atomic E-state index is 12.4. The fourth-order valence-electron chi connectivity index (χ4n) is 2.51. The van der Waals surface area contributed by atoms with E-state index in [1.54, 1.807) is 26.0 Å². The Morgan fingerprint density at radius 1 is 1.11 bits per heavy atom. The summed E-state index contributed by atoms with van der Waals surface area (Å²) in [7, 11) is 0. The number of hydrogen-bond donors (Lipinski definition) is 1. The second kappa shape index (κ2) is 9.02. The predicted octanol–water partition coefficient (Wildman–Crippen LogP) is 4.49. The molecule has 0 unspecified atom stereocenters. The highest BCUT2D eigenvalue weighted by molar-refractivity contribution is 8.00. The number of nitrogens with one attached hydrogen (secondary N) is 1. The van der Waals surface area contributed by atoms with Gasteiger partial charge in [-0.25, -0.2) is 9.97 Å². The molecular weight excluding hydrogens is 372 g/mol. The van der Waals surface area contributed by atoms with Crippen molar-refractivity contribution in [1.29, 1.82) is 5.26 Å². The Kier molecular flexibility index (Phi) is 6.25. The Balaban J connectivity index is 1.69. The summed E-state index contributed by atoms with van der Waals surface area (Å²) in [6, 6.07) is 18.7. The highest BCUT2D eigenvalue weighted by Crippen LogP contribution is 2.29. The number of rotatable bonds is 6. The van der Waals surface area contributed by atoms with E-state index < -0.39 is 0 Å². The predicted molar refractivity (Wildman–Crippen MR) is 109 cm³/mol. The number of ether oxygens (including phenoxy) is 1. The molecule has 3 aromatic rings. The molecule has 28 heavy (non-hydrogen) atoms. The lowest BCUT2D eigenvalue weighted by molar-refractivity contribution is -0.113. The molecule has 0 aliphatic carbocycles. The zero-order valence-corrected chi connectivity index (χ0v) is 16.3. The summed E-state index contributed by atoms with van der Waals surface area (Å²) >= 11 is 1.21. The van der Waals surface area contributed by atoms with Crippen LogP contribution >= 0.6 is 11.8 Å². The van der Waals surface area contributed by atoms with E-state index >= 15 is 0 Å². The first-order chi connectivity index (χ1) is 13.6. The highest BCUT2D eigenvalue weighted by atomic mass is 32.2. The van der Waals surface area contributed by atoms with Crippen LogP contribution in [0, 0.1) is 25.2 Å². The van der Waals surface area contributed by atoms with Gasteiger partial charge in [0.2, 0.25) is 5.91 Å². The van der Waals surface area contributed by atoms with Crippen molar-refractivity contribution in [3.05, 3.63) is 71.7 Å². The molecule has 0 bridgehead atoms. The van der Waals surface area contributed by atoms with E-state index in [0.29, 0.717) is 39.3 Å². The summed E-state index contributed by atoms with van der Waals surface area (Å²) in [6.07, 6.45) is 0. The van der Waals surface area contributed by atoms with Crippen LogP contribution in [0.25, 0.3) is 0 Å². The molecule has 1 amide bonds. The van der Waals surface area contributed by atoms with E-state index in [1.807, 2.05) is 42.5 Å². The standard InChI is InChI=1S/C21H18N4O2S/c1-14-17(12-22)21(24-15(2)23-14)28-13-20(26)25-18-10-6-7-11-19(18)27-16-8-4-3-5-9-16/h3-11H,13H2,1-2H3,(H,25,26). The van der Waals surface area contributed by atoms with Crippen LogP contribution in [0.5, 0.6) is 11.5 Å². The maximum atomic E-state index is 12.4. The Hall–Kier alpha value is -3.37. The van der Waals surface area contributed by atoms with Crippen molar-refractivity contribution in [3.63, 3.8) is 0 Å². The second-order valence-electron chi connectivity index (χ2n) is 5.90. The van der Waals surface area contributed by atoms with Crippen molar-refractivity contribution in [3.8, 4) is 17.6 Å². The van der Waals surface area contributed by atoms with Crippen LogP contribution in [-0.2, 0) is 4.79 Å². The van der Waals surface area contributed by atoms with Crippen molar-refractivity contribution in [2.24, 2.45) is 0 Å². The molecule has 7 heteroatoms. The molecular formula is C21H18N4O2S. The summed E-state index contributed by atoms with van der Waals surface area (Å²) in [6.45, 7) is 3.52. The summed E-state index contributed by atoms with van der Waals surface area (Å²) in [5, 5.41) is 12.7. The van der Waals surface area contributed by atoms with Gasteiger partial charge < -0.3 is 10.1 Å². The quantitative estimate of drug-likeness (QED) is 0.493. The number of benzene rings is 2. The normalized spacial score (nSPS) is 10.2. The molecule has 0 spiro atoms. The fourth-order valence-corrected chi connectivity index (χ4v) is 3.38. The third-order valence-electron chi connectivity index (χ3n) is 3.75. The van der Waals surface area contributed by atoms with Crippen LogP contribution in [0.4, 0.5) is 5.69 Å². The third kappa shape index (κ3) is 4.87. The SMILES string of the molecule is Cc1nc(C)c(C#N)c(SCC(=O)Nc2ccccc2Oc2ccccc2)n1. The lowest BCUT2D eigenvalue weighted by Crippen LogP contribution is -2.15. The van der Waals surface area contributed by atoms with Gasteiger partial charge in [0.15, 0.2) is 5.75 Å². The van der Waals surface area contributed by atoms with Gasteiger partial charge in [0, 0.05) is 0 Å². The number of thioether (sulfide) groups is 1. The van der Waals surface area contributed by atoms with Crippen molar-refractivity contribution in [2.75, 3.05) is 11.1 Å². The molecule has 1 heterocycles. The molecule has 0 aliphatic heterocycles. The molecule has 0 saturated heterocycles. The van der Waals surface area contributed by atoms with Crippen LogP contribution in [0.1, 0.15) is 17.1 Å². The van der Waals surface area contributed by atoms with Crippen LogP contribution in [0.15, 0.2) is 59.6 Å². The number of anilines is 1. The number of para-hydroxylation sites is 3. The molecule has 140 valence electrons. The Morgan fingerprint density at radius 2 is 1.82 bits per heavy atom. The van der Waals surface area contributed by atoms with Crippen molar-refractivity contribution >= 4 is 23.4 Å². The van der Waals surface area contributed by atoms with Gasteiger partial charge in [0.05, 0.1) is 17.1 Å². The number of carbonyl (C=O) groups excluding carboxylic acids is 1. The largest absolute Gasteiger partial charge is 0.455 e. The van der Waals surface area contributed by atoms with E-state index in [0.717, 1.165) is 0 Å². The Labute approximate surface area is 167 Å². The molecule has 6 nitrogen and oxygen atoms in total. The summed E-state index contributed by atoms with van der Waals surface area (Å²) in [5.41, 5.74) is 1.59. The van der Waals surface area contributed by atoms with Gasteiger partial charge in [-0.1, -0.05) is 42.1 Å². The van der Waals surface area contributed by atoms with Gasteiger partial charge in [0.1, 0.15) is 28.2 Å². The molecule has 3 rings (SSSR count). The summed E-state index contributed by atoms with van der Waals surface area (Å²) in [4.78, 5) is 20.9. The number of nitrogens with zero attached hydrogens (tertiary/aromatic N) is 3. The number of amides is 1. The highest BCUT2D eigenvalue weighted by Gasteiger charge is 2.14. The molecule has 0 atom stereocenters. The van der Waals surface area contributed by atoms with E-state index in [4.69, 9.17) is 4.74 Å². The van der Waals surface area contributed by atoms with Gasteiger partial charge >= 0.3 is 0 Å². The van der Waals surface area contributed by atoms with Crippen LogP contribution in [0.3, 0.4) is 0 Å². The van der Waals surface area contributed by atoms with Gasteiger partial charge in [-0.05, 0) is 38.1 Å². The number of aryl methyl sites for hydroxylation is 2. The Morgan fingerprint density at radius 3 is 2.57 bits per heavy atom. The smallest absolute Gasteiger partial charge is 0.234 e. The molecule has 1 N–H and O–H groups in total. The molecule has 0 fully saturated rings. The maximum Gasteiger partial charge on any atom is 0.234 e. The van der Waals surface area contributed by atoms with Gasteiger partial charge in [-0.15, -0.1) is 0 Å². The number of aromatic nitrogens is 2. The average Bonchev–Trinajstić information content (AvgIpc) is 2.68. The van der Waals surface area contributed by atoms with Crippen molar-refractivity contribution in [1.82, 2.24) is 9.97 Å². The zero-order chi connectivity index (χ0) is 19.9. The van der Waals surface area contributed by atoms with E-state index in [1.165, 1.54) is 11.8 Å². The first kappa shape index (κ1) is 19.4. The fraction of sp³-hybridized carbons (Fsp3) is 0.143. The monoisotopic (exact) mass is 390 g/mol. The number of hydrogen-bond acceptors (Lipinski definition) is 6. The topological polar surface area (TPSA) is 87.9 Å². The summed E-state index contributed by atoms with van der Waals surface area (Å²) < 4.78 is 5.86. The lowest BCUT2D eigenvalue weighted by atomic mass is 10.3. The minimum absolute atomic E-state index is 0.115. The van der Waals surface area contributed by atoms with E-state index in [2.05, 4.69) is 21.4 Å². The molecule has 0 radical (unpaired) electrons. The minimum Gasteiger partial charge on any atom is -0.455 e. The molecule has 1 aromatic heterocycles. The number of carbonyl (C=O) groups is 1. The first-order valence-corrected chi connectivity index (χ1v) is 9.55. The lowest BCUT2D eigenvalue weighted by Gasteiger charge is -2.12. The zero-order valence-electron chi connectivity index (χ0n) is 15.5.